The van der Waals surface area contributed by atoms with Gasteiger partial charge in [-0.05, 0) is 49.3 Å². The maximum absolute atomic E-state index is 13.2. The maximum atomic E-state index is 13.2. The van der Waals surface area contributed by atoms with Crippen molar-refractivity contribution in [3.8, 4) is 5.75 Å². The Bertz CT molecular complexity index is 1120. The van der Waals surface area contributed by atoms with Crippen molar-refractivity contribution in [3.63, 3.8) is 0 Å². The van der Waals surface area contributed by atoms with Crippen LogP contribution < -0.4 is 15.4 Å². The fourth-order valence-electron chi connectivity index (χ4n) is 3.60. The predicted octanol–water partition coefficient (Wildman–Crippen LogP) is 5.25. The van der Waals surface area contributed by atoms with Crippen LogP contribution in [0.1, 0.15) is 40.0 Å². The lowest BCUT2D eigenvalue weighted by atomic mass is 9.90. The van der Waals surface area contributed by atoms with Gasteiger partial charge in [-0.25, -0.2) is 0 Å². The molecular weight excluding hydrogens is 404 g/mol. The third-order valence-electron chi connectivity index (χ3n) is 5.29. The molecule has 0 amide bonds. The number of aryl methyl sites for hydroxylation is 1. The van der Waals surface area contributed by atoms with Crippen molar-refractivity contribution in [3.05, 3.63) is 112 Å². The van der Waals surface area contributed by atoms with Gasteiger partial charge in [0.1, 0.15) is 12.4 Å². The molecule has 0 aliphatic carbocycles. The molecule has 4 rings (SSSR count). The van der Waals surface area contributed by atoms with Gasteiger partial charge in [0.25, 0.3) is 0 Å². The SMILES string of the molecule is CC1=C(C(=O)c2ccccc2)C(c2ccc(OCc3ccc(C)cc3)cc2)NC(=S)N1. The van der Waals surface area contributed by atoms with Gasteiger partial charge in [0.05, 0.1) is 6.04 Å². The molecule has 3 aromatic rings. The summed E-state index contributed by atoms with van der Waals surface area (Å²) >= 11 is 5.35. The number of hydrogen-bond acceptors (Lipinski definition) is 3. The Morgan fingerprint density at radius 1 is 0.935 bits per heavy atom. The van der Waals surface area contributed by atoms with E-state index in [1.165, 1.54) is 5.56 Å². The van der Waals surface area contributed by atoms with E-state index < -0.39 is 0 Å². The lowest BCUT2D eigenvalue weighted by molar-refractivity contribution is 0.102. The van der Waals surface area contributed by atoms with Crippen LogP contribution in [0.2, 0.25) is 0 Å². The first kappa shape index (κ1) is 20.8. The van der Waals surface area contributed by atoms with E-state index in [0.29, 0.717) is 22.9 Å². The molecule has 3 aromatic carbocycles. The van der Waals surface area contributed by atoms with Crippen LogP contribution in [0, 0.1) is 6.92 Å². The van der Waals surface area contributed by atoms with Gasteiger partial charge >= 0.3 is 0 Å². The number of Topliss-reactive ketones (excluding diaryl/α,β-unsaturated/α-hetero) is 1. The number of hydrogen-bond donors (Lipinski definition) is 2. The first-order chi connectivity index (χ1) is 15.0. The number of carbonyl (C=O) groups excluding carboxylic acids is 1. The summed E-state index contributed by atoms with van der Waals surface area (Å²) in [6.07, 6.45) is 0. The van der Waals surface area contributed by atoms with E-state index in [4.69, 9.17) is 17.0 Å². The fourth-order valence-corrected chi connectivity index (χ4v) is 3.87. The Kier molecular flexibility index (Phi) is 6.14. The minimum atomic E-state index is -0.326. The van der Waals surface area contributed by atoms with Gasteiger partial charge in [-0.1, -0.05) is 72.3 Å². The van der Waals surface area contributed by atoms with E-state index >= 15 is 0 Å². The van der Waals surface area contributed by atoms with E-state index in [0.717, 1.165) is 22.6 Å². The lowest BCUT2D eigenvalue weighted by Crippen LogP contribution is -2.44. The topological polar surface area (TPSA) is 50.4 Å². The molecule has 1 unspecified atom stereocenters. The Balaban J connectivity index is 1.55. The average molecular weight is 429 g/mol. The minimum Gasteiger partial charge on any atom is -0.489 e. The smallest absolute Gasteiger partial charge is 0.193 e. The molecule has 0 saturated carbocycles. The molecule has 0 aromatic heterocycles. The van der Waals surface area contributed by atoms with Crippen LogP contribution >= 0.6 is 12.2 Å². The minimum absolute atomic E-state index is 0.0229. The molecule has 0 radical (unpaired) electrons. The van der Waals surface area contributed by atoms with Crippen molar-refractivity contribution in [1.29, 1.82) is 0 Å². The lowest BCUT2D eigenvalue weighted by Gasteiger charge is -2.30. The monoisotopic (exact) mass is 428 g/mol. The molecule has 31 heavy (non-hydrogen) atoms. The van der Waals surface area contributed by atoms with E-state index in [-0.39, 0.29) is 11.8 Å². The molecule has 0 bridgehead atoms. The number of nitrogens with one attached hydrogen (secondary N) is 2. The van der Waals surface area contributed by atoms with Crippen molar-refractivity contribution >= 4 is 23.1 Å². The summed E-state index contributed by atoms with van der Waals surface area (Å²) in [4.78, 5) is 13.2. The second-order valence-corrected chi connectivity index (χ2v) is 8.02. The highest BCUT2D eigenvalue weighted by molar-refractivity contribution is 7.80. The number of benzene rings is 3. The van der Waals surface area contributed by atoms with Crippen LogP contribution in [0.25, 0.3) is 0 Å². The largest absolute Gasteiger partial charge is 0.489 e. The molecule has 1 atom stereocenters. The number of carbonyl (C=O) groups is 1. The number of ketones is 1. The molecular formula is C26H24N2O2S. The van der Waals surface area contributed by atoms with Gasteiger partial charge < -0.3 is 15.4 Å². The Labute approximate surface area is 188 Å². The zero-order valence-electron chi connectivity index (χ0n) is 17.5. The van der Waals surface area contributed by atoms with E-state index in [9.17, 15) is 4.79 Å². The average Bonchev–Trinajstić information content (AvgIpc) is 2.79. The second kappa shape index (κ2) is 9.14. The zero-order valence-corrected chi connectivity index (χ0v) is 18.3. The van der Waals surface area contributed by atoms with Crippen molar-refractivity contribution in [2.24, 2.45) is 0 Å². The third kappa shape index (κ3) is 4.84. The normalized spacial score (nSPS) is 15.8. The van der Waals surface area contributed by atoms with Crippen molar-refractivity contribution < 1.29 is 9.53 Å². The van der Waals surface area contributed by atoms with Crippen LogP contribution in [0.4, 0.5) is 0 Å². The molecule has 156 valence electrons. The molecule has 4 nitrogen and oxygen atoms in total. The van der Waals surface area contributed by atoms with Crippen molar-refractivity contribution in [2.45, 2.75) is 26.5 Å². The van der Waals surface area contributed by atoms with Crippen LogP contribution in [-0.4, -0.2) is 10.9 Å². The van der Waals surface area contributed by atoms with Gasteiger partial charge in [0, 0.05) is 16.8 Å². The molecule has 1 aliphatic heterocycles. The third-order valence-corrected chi connectivity index (χ3v) is 5.51. The number of ether oxygens (including phenoxy) is 1. The van der Waals surface area contributed by atoms with Crippen molar-refractivity contribution in [2.75, 3.05) is 0 Å². The van der Waals surface area contributed by atoms with Gasteiger partial charge in [-0.15, -0.1) is 0 Å². The van der Waals surface area contributed by atoms with Gasteiger partial charge in [-0.3, -0.25) is 4.79 Å². The number of allylic oxidation sites excluding steroid dienone is 1. The molecule has 1 aliphatic rings. The number of rotatable bonds is 6. The standard InChI is InChI=1S/C26H24N2O2S/c1-17-8-10-19(11-9-17)16-30-22-14-12-20(13-15-22)24-23(18(2)27-26(31)28-24)25(29)21-6-4-3-5-7-21/h3-15,24H,16H2,1-2H3,(H2,27,28,31). The van der Waals surface area contributed by atoms with E-state index in [1.807, 2.05) is 61.5 Å². The first-order valence-corrected chi connectivity index (χ1v) is 10.6. The highest BCUT2D eigenvalue weighted by atomic mass is 32.1. The Hall–Kier alpha value is -3.44. The zero-order chi connectivity index (χ0) is 21.8. The van der Waals surface area contributed by atoms with Gasteiger partial charge in [-0.2, -0.15) is 0 Å². The Morgan fingerprint density at radius 2 is 1.61 bits per heavy atom. The number of thiocarbonyl (C=S) groups is 1. The molecule has 0 saturated heterocycles. The highest BCUT2D eigenvalue weighted by Crippen LogP contribution is 2.30. The summed E-state index contributed by atoms with van der Waals surface area (Å²) in [5, 5.41) is 6.84. The molecule has 5 heteroatoms. The first-order valence-electron chi connectivity index (χ1n) is 10.2. The van der Waals surface area contributed by atoms with Gasteiger partial charge in [0.2, 0.25) is 0 Å². The summed E-state index contributed by atoms with van der Waals surface area (Å²) in [5.41, 5.74) is 5.37. The molecule has 0 spiro atoms. The summed E-state index contributed by atoms with van der Waals surface area (Å²) < 4.78 is 5.92. The van der Waals surface area contributed by atoms with Crippen LogP contribution in [-0.2, 0) is 6.61 Å². The second-order valence-electron chi connectivity index (χ2n) is 7.61. The van der Waals surface area contributed by atoms with Crippen LogP contribution in [0.5, 0.6) is 5.75 Å². The predicted molar refractivity (Wildman–Crippen MR) is 127 cm³/mol. The summed E-state index contributed by atoms with van der Waals surface area (Å²) in [6, 6.07) is 25.1. The molecule has 1 heterocycles. The summed E-state index contributed by atoms with van der Waals surface area (Å²) in [5.74, 6) is 0.753. The van der Waals surface area contributed by atoms with E-state index in [2.05, 4.69) is 41.8 Å². The fraction of sp³-hybridized carbons (Fsp3) is 0.154. The quantitative estimate of drug-likeness (QED) is 0.415. The van der Waals surface area contributed by atoms with Crippen LogP contribution in [0.15, 0.2) is 90.1 Å². The highest BCUT2D eigenvalue weighted by Gasteiger charge is 2.30. The maximum Gasteiger partial charge on any atom is 0.193 e. The molecule has 2 N–H and O–H groups in total. The van der Waals surface area contributed by atoms with E-state index in [1.54, 1.807) is 0 Å². The Morgan fingerprint density at radius 3 is 2.29 bits per heavy atom. The van der Waals surface area contributed by atoms with Crippen molar-refractivity contribution in [1.82, 2.24) is 10.6 Å². The van der Waals surface area contributed by atoms with Crippen LogP contribution in [0.3, 0.4) is 0 Å². The summed E-state index contributed by atoms with van der Waals surface area (Å²) in [7, 11) is 0. The van der Waals surface area contributed by atoms with Gasteiger partial charge in [0.15, 0.2) is 10.9 Å². The summed E-state index contributed by atoms with van der Waals surface area (Å²) in [6.45, 7) is 4.46. The molecule has 0 fully saturated rings.